The average molecular weight is 376 g/mol. The zero-order valence-corrected chi connectivity index (χ0v) is 15.3. The molecule has 0 amide bonds. The highest BCUT2D eigenvalue weighted by atomic mass is 35.5. The van der Waals surface area contributed by atoms with E-state index in [-0.39, 0.29) is 0 Å². The van der Waals surface area contributed by atoms with Crippen LogP contribution in [0.5, 0.6) is 11.5 Å². The summed E-state index contributed by atoms with van der Waals surface area (Å²) in [6, 6.07) is 8.00. The molecular weight excluding hydrogens is 354 g/mol. The van der Waals surface area contributed by atoms with Gasteiger partial charge in [-0.1, -0.05) is 17.7 Å². The number of rotatable bonds is 5. The highest BCUT2D eigenvalue weighted by Gasteiger charge is 2.17. The van der Waals surface area contributed by atoms with E-state index in [0.717, 1.165) is 50.0 Å². The molecule has 1 fully saturated rings. The summed E-state index contributed by atoms with van der Waals surface area (Å²) < 4.78 is 16.6. The predicted octanol–water partition coefficient (Wildman–Crippen LogP) is 2.63. The molecule has 1 saturated heterocycles. The topological polar surface area (TPSA) is 55.9 Å². The number of pyridine rings is 1. The Labute approximate surface area is 158 Å². The van der Waals surface area contributed by atoms with E-state index >= 15 is 0 Å². The minimum Gasteiger partial charge on any atom is -0.486 e. The van der Waals surface area contributed by atoms with Crippen LogP contribution in [-0.4, -0.2) is 44.5 Å². The van der Waals surface area contributed by atoms with Gasteiger partial charge in [0.2, 0.25) is 0 Å². The van der Waals surface area contributed by atoms with E-state index in [1.165, 1.54) is 5.56 Å². The predicted molar refractivity (Wildman–Crippen MR) is 100 cm³/mol. The molecule has 0 aliphatic carbocycles. The van der Waals surface area contributed by atoms with Crippen molar-refractivity contribution in [3.05, 3.63) is 46.6 Å². The molecule has 1 aromatic carbocycles. The van der Waals surface area contributed by atoms with Crippen molar-refractivity contribution in [3.8, 4) is 11.5 Å². The number of aromatic nitrogens is 1. The molecule has 2 aliphatic heterocycles. The van der Waals surface area contributed by atoms with Crippen LogP contribution in [0.25, 0.3) is 0 Å². The lowest BCUT2D eigenvalue weighted by Crippen LogP contribution is -2.37. The largest absolute Gasteiger partial charge is 0.486 e. The van der Waals surface area contributed by atoms with Crippen molar-refractivity contribution < 1.29 is 14.2 Å². The summed E-state index contributed by atoms with van der Waals surface area (Å²) in [6.45, 7) is 5.76. The fraction of sp³-hybridized carbons (Fsp3) is 0.421. The van der Waals surface area contributed by atoms with Gasteiger partial charge in [-0.05, 0) is 23.8 Å². The summed E-state index contributed by atoms with van der Waals surface area (Å²) in [5.41, 5.74) is 2.24. The zero-order chi connectivity index (χ0) is 17.8. The number of nitrogens with one attached hydrogen (secondary N) is 1. The quantitative estimate of drug-likeness (QED) is 0.867. The van der Waals surface area contributed by atoms with Gasteiger partial charge < -0.3 is 24.4 Å². The Morgan fingerprint density at radius 2 is 1.92 bits per heavy atom. The fourth-order valence-corrected chi connectivity index (χ4v) is 3.52. The number of fused-ring (bicyclic) bond motifs is 1. The van der Waals surface area contributed by atoms with E-state index in [0.29, 0.717) is 30.5 Å². The van der Waals surface area contributed by atoms with E-state index in [4.69, 9.17) is 25.8 Å². The Morgan fingerprint density at radius 3 is 2.81 bits per heavy atom. The van der Waals surface area contributed by atoms with Crippen molar-refractivity contribution in [2.24, 2.45) is 0 Å². The molecule has 0 saturated carbocycles. The molecule has 0 atom stereocenters. The standard InChI is InChI=1S/C19H22ClN3O3/c20-16-10-14(11-17-18(16)26-9-8-25-17)12-21-13-15-2-1-3-22-19(15)23-4-6-24-7-5-23/h1-3,10-11,21H,4-9,12-13H2. The number of benzene rings is 1. The highest BCUT2D eigenvalue weighted by molar-refractivity contribution is 6.32. The molecule has 2 aliphatic rings. The van der Waals surface area contributed by atoms with Gasteiger partial charge in [0.1, 0.15) is 19.0 Å². The Kier molecular flexibility index (Phi) is 5.43. The number of morpholine rings is 1. The van der Waals surface area contributed by atoms with Gasteiger partial charge >= 0.3 is 0 Å². The van der Waals surface area contributed by atoms with Gasteiger partial charge in [0.15, 0.2) is 11.5 Å². The van der Waals surface area contributed by atoms with Crippen LogP contribution in [0.2, 0.25) is 5.02 Å². The van der Waals surface area contributed by atoms with E-state index in [1.807, 2.05) is 24.4 Å². The molecule has 26 heavy (non-hydrogen) atoms. The Hall–Kier alpha value is -2.02. The molecule has 0 bridgehead atoms. The zero-order valence-electron chi connectivity index (χ0n) is 14.5. The Balaban J connectivity index is 1.41. The lowest BCUT2D eigenvalue weighted by Gasteiger charge is -2.29. The van der Waals surface area contributed by atoms with Crippen molar-refractivity contribution in [2.75, 3.05) is 44.4 Å². The van der Waals surface area contributed by atoms with Crippen LogP contribution >= 0.6 is 11.6 Å². The van der Waals surface area contributed by atoms with Gasteiger partial charge in [0.05, 0.1) is 18.2 Å². The molecule has 0 radical (unpaired) electrons. The monoisotopic (exact) mass is 375 g/mol. The average Bonchev–Trinajstić information content (AvgIpc) is 2.69. The third-order valence-electron chi connectivity index (χ3n) is 4.48. The summed E-state index contributed by atoms with van der Waals surface area (Å²) in [5, 5.41) is 4.07. The number of nitrogens with zero attached hydrogens (tertiary/aromatic N) is 2. The number of hydrogen-bond donors (Lipinski definition) is 1. The second-order valence-corrected chi connectivity index (χ2v) is 6.70. The van der Waals surface area contributed by atoms with E-state index in [2.05, 4.69) is 21.3 Å². The summed E-state index contributed by atoms with van der Waals surface area (Å²) in [5.74, 6) is 2.39. The Morgan fingerprint density at radius 1 is 1.08 bits per heavy atom. The maximum atomic E-state index is 6.31. The number of anilines is 1. The molecule has 0 spiro atoms. The van der Waals surface area contributed by atoms with Crippen LogP contribution in [-0.2, 0) is 17.8 Å². The SMILES string of the molecule is Clc1cc(CNCc2cccnc2N2CCOCC2)cc2c1OCCO2. The first-order valence-corrected chi connectivity index (χ1v) is 9.24. The van der Waals surface area contributed by atoms with Crippen molar-refractivity contribution >= 4 is 17.4 Å². The van der Waals surface area contributed by atoms with Crippen molar-refractivity contribution in [1.29, 1.82) is 0 Å². The second kappa shape index (κ2) is 8.12. The smallest absolute Gasteiger partial charge is 0.179 e. The summed E-state index contributed by atoms with van der Waals surface area (Å²) >= 11 is 6.31. The molecule has 4 rings (SSSR count). The minimum absolute atomic E-state index is 0.537. The number of ether oxygens (including phenoxy) is 3. The molecule has 7 heteroatoms. The van der Waals surface area contributed by atoms with Crippen LogP contribution in [0.4, 0.5) is 5.82 Å². The third kappa shape index (κ3) is 3.87. The number of hydrogen-bond acceptors (Lipinski definition) is 6. The van der Waals surface area contributed by atoms with E-state index in [1.54, 1.807) is 0 Å². The molecule has 3 heterocycles. The molecule has 2 aromatic rings. The van der Waals surface area contributed by atoms with Crippen molar-refractivity contribution in [2.45, 2.75) is 13.1 Å². The van der Waals surface area contributed by atoms with Crippen molar-refractivity contribution in [3.63, 3.8) is 0 Å². The van der Waals surface area contributed by atoms with Crippen LogP contribution in [0.1, 0.15) is 11.1 Å². The first-order chi connectivity index (χ1) is 12.8. The lowest BCUT2D eigenvalue weighted by molar-refractivity contribution is 0.122. The van der Waals surface area contributed by atoms with Gasteiger partial charge in [-0.15, -0.1) is 0 Å². The summed E-state index contributed by atoms with van der Waals surface area (Å²) in [4.78, 5) is 6.85. The van der Waals surface area contributed by atoms with Crippen LogP contribution in [0, 0.1) is 0 Å². The maximum absolute atomic E-state index is 6.31. The molecule has 6 nitrogen and oxygen atoms in total. The molecule has 1 N–H and O–H groups in total. The second-order valence-electron chi connectivity index (χ2n) is 6.29. The molecule has 0 unspecified atom stereocenters. The normalized spacial score (nSPS) is 16.6. The van der Waals surface area contributed by atoms with Crippen molar-refractivity contribution in [1.82, 2.24) is 10.3 Å². The van der Waals surface area contributed by atoms with Crippen LogP contribution < -0.4 is 19.7 Å². The summed E-state index contributed by atoms with van der Waals surface area (Å²) in [6.07, 6.45) is 1.84. The van der Waals surface area contributed by atoms with E-state index < -0.39 is 0 Å². The van der Waals surface area contributed by atoms with Crippen LogP contribution in [0.3, 0.4) is 0 Å². The fourth-order valence-electron chi connectivity index (χ4n) is 3.24. The maximum Gasteiger partial charge on any atom is 0.179 e. The molecule has 138 valence electrons. The van der Waals surface area contributed by atoms with Gasteiger partial charge in [-0.2, -0.15) is 0 Å². The van der Waals surface area contributed by atoms with Gasteiger partial charge in [-0.3, -0.25) is 0 Å². The van der Waals surface area contributed by atoms with Gasteiger partial charge in [0, 0.05) is 37.9 Å². The highest BCUT2D eigenvalue weighted by Crippen LogP contribution is 2.38. The van der Waals surface area contributed by atoms with Gasteiger partial charge in [0.25, 0.3) is 0 Å². The Bertz CT molecular complexity index is 766. The summed E-state index contributed by atoms with van der Waals surface area (Å²) in [7, 11) is 0. The molecular formula is C19H22ClN3O3. The molecule has 1 aromatic heterocycles. The van der Waals surface area contributed by atoms with Gasteiger partial charge in [-0.25, -0.2) is 4.98 Å². The minimum atomic E-state index is 0.537. The third-order valence-corrected chi connectivity index (χ3v) is 4.76. The van der Waals surface area contributed by atoms with E-state index in [9.17, 15) is 0 Å². The van der Waals surface area contributed by atoms with Crippen LogP contribution in [0.15, 0.2) is 30.5 Å². The first-order valence-electron chi connectivity index (χ1n) is 8.86. The number of halogens is 1. The first kappa shape index (κ1) is 17.4. The lowest BCUT2D eigenvalue weighted by atomic mass is 10.1.